The van der Waals surface area contributed by atoms with Crippen LogP contribution < -0.4 is 5.32 Å². The second kappa shape index (κ2) is 14.9. The molecule has 0 spiro atoms. The van der Waals surface area contributed by atoms with E-state index in [9.17, 15) is 14.4 Å². The van der Waals surface area contributed by atoms with Gasteiger partial charge in [0.25, 0.3) is 11.8 Å². The van der Waals surface area contributed by atoms with Gasteiger partial charge >= 0.3 is 6.09 Å². The lowest BCUT2D eigenvalue weighted by Crippen LogP contribution is -2.40. The molecule has 9 nitrogen and oxygen atoms in total. The zero-order valence-corrected chi connectivity index (χ0v) is 27.8. The summed E-state index contributed by atoms with van der Waals surface area (Å²) in [5, 5.41) is 2.95. The SMILES string of the molecule is C[N+](C)(CCCCN1C(=O)c2ccccc2C1=O)Cc1cccc(CN2CCC(OC(=O)Nc3ccccc3-c3ccccc3)CC2)n1. The number of likely N-dealkylation sites (tertiary alicyclic amines) is 1. The molecule has 248 valence electrons. The third kappa shape index (κ3) is 8.16. The Hall–Kier alpha value is -4.86. The van der Waals surface area contributed by atoms with Crippen LogP contribution in [0.25, 0.3) is 11.1 Å². The number of benzene rings is 3. The number of hydrogen-bond donors (Lipinski definition) is 1. The van der Waals surface area contributed by atoms with Crippen molar-refractivity contribution in [3.05, 3.63) is 120 Å². The summed E-state index contributed by atoms with van der Waals surface area (Å²) in [6.45, 7) is 4.56. The van der Waals surface area contributed by atoms with Crippen LogP contribution in [-0.2, 0) is 17.8 Å². The second-order valence-electron chi connectivity index (χ2n) is 13.4. The molecule has 2 aliphatic heterocycles. The van der Waals surface area contributed by atoms with E-state index in [2.05, 4.69) is 42.5 Å². The van der Waals surface area contributed by atoms with Crippen LogP contribution in [-0.4, -0.2) is 83.6 Å². The first kappa shape index (κ1) is 33.1. The number of ether oxygens (including phenoxy) is 1. The molecule has 0 atom stereocenters. The Morgan fingerprint density at radius 3 is 2.12 bits per heavy atom. The molecule has 1 saturated heterocycles. The number of amides is 3. The number of hydrogen-bond acceptors (Lipinski definition) is 6. The number of pyridine rings is 1. The predicted molar refractivity (Wildman–Crippen MR) is 186 cm³/mol. The third-order valence-electron chi connectivity index (χ3n) is 9.17. The zero-order chi connectivity index (χ0) is 33.5. The Morgan fingerprint density at radius 1 is 0.792 bits per heavy atom. The maximum absolute atomic E-state index is 12.8. The maximum Gasteiger partial charge on any atom is 0.411 e. The predicted octanol–water partition coefficient (Wildman–Crippen LogP) is 6.61. The van der Waals surface area contributed by atoms with Gasteiger partial charge in [-0.2, -0.15) is 0 Å². The molecule has 3 heterocycles. The Balaban J connectivity index is 0.926. The number of para-hydroxylation sites is 1. The van der Waals surface area contributed by atoms with Gasteiger partial charge in [0, 0.05) is 31.7 Å². The normalized spacial score (nSPS) is 15.4. The van der Waals surface area contributed by atoms with Crippen LogP contribution in [0, 0.1) is 0 Å². The summed E-state index contributed by atoms with van der Waals surface area (Å²) in [5.74, 6) is -0.374. The Morgan fingerprint density at radius 2 is 1.42 bits per heavy atom. The summed E-state index contributed by atoms with van der Waals surface area (Å²) < 4.78 is 6.59. The molecule has 1 fully saturated rings. The summed E-state index contributed by atoms with van der Waals surface area (Å²) >= 11 is 0. The van der Waals surface area contributed by atoms with E-state index in [4.69, 9.17) is 9.72 Å². The van der Waals surface area contributed by atoms with E-state index >= 15 is 0 Å². The Bertz CT molecular complexity index is 1720. The summed E-state index contributed by atoms with van der Waals surface area (Å²) in [6, 6.07) is 31.0. The van der Waals surface area contributed by atoms with E-state index in [-0.39, 0.29) is 17.9 Å². The number of aromatic nitrogens is 1. The van der Waals surface area contributed by atoms with Crippen molar-refractivity contribution >= 4 is 23.6 Å². The molecule has 3 aromatic carbocycles. The third-order valence-corrected chi connectivity index (χ3v) is 9.17. The lowest BCUT2D eigenvalue weighted by Gasteiger charge is -2.32. The molecule has 0 saturated carbocycles. The van der Waals surface area contributed by atoms with Gasteiger partial charge in [0.1, 0.15) is 12.6 Å². The first-order chi connectivity index (χ1) is 23.3. The number of unbranched alkanes of at least 4 members (excludes halogenated alkanes) is 1. The highest BCUT2D eigenvalue weighted by Gasteiger charge is 2.34. The number of anilines is 1. The van der Waals surface area contributed by atoms with Gasteiger partial charge in [-0.25, -0.2) is 4.79 Å². The van der Waals surface area contributed by atoms with Gasteiger partial charge in [0.15, 0.2) is 0 Å². The fraction of sp³-hybridized carbons (Fsp3) is 0.333. The standard InChI is InChI=1S/C39H43N5O4/c1-44(2,26-11-10-23-43-37(45)34-18-6-7-19-35(34)38(43)46)28-31-16-12-15-30(40-31)27-42-24-21-32(22-25-42)48-39(47)41-36-20-9-8-17-33(36)29-13-4-3-5-14-29/h3-9,12-20,32H,10-11,21-28H2,1-2H3/p+1. The minimum absolute atomic E-state index is 0.125. The van der Waals surface area contributed by atoms with Crippen LogP contribution in [0.1, 0.15) is 57.8 Å². The molecule has 6 rings (SSSR count). The van der Waals surface area contributed by atoms with Crippen molar-refractivity contribution in [1.82, 2.24) is 14.8 Å². The van der Waals surface area contributed by atoms with Gasteiger partial charge in [0.2, 0.25) is 0 Å². The van der Waals surface area contributed by atoms with Crippen LogP contribution in [0.5, 0.6) is 0 Å². The molecule has 0 unspecified atom stereocenters. The van der Waals surface area contributed by atoms with Crippen molar-refractivity contribution < 1.29 is 23.6 Å². The summed E-state index contributed by atoms with van der Waals surface area (Å²) in [6.07, 6.45) is 2.67. The van der Waals surface area contributed by atoms with Crippen LogP contribution in [0.2, 0.25) is 0 Å². The molecule has 2 aliphatic rings. The molecule has 0 aliphatic carbocycles. The van der Waals surface area contributed by atoms with Crippen LogP contribution in [0.15, 0.2) is 97.1 Å². The topological polar surface area (TPSA) is 91.8 Å². The number of fused-ring (bicyclic) bond motifs is 1. The summed E-state index contributed by atoms with van der Waals surface area (Å²) in [4.78, 5) is 46.9. The van der Waals surface area contributed by atoms with Crippen molar-refractivity contribution in [3.8, 4) is 11.1 Å². The first-order valence-corrected chi connectivity index (χ1v) is 16.8. The molecule has 9 heteroatoms. The van der Waals surface area contributed by atoms with E-state index in [0.717, 1.165) is 91.1 Å². The highest BCUT2D eigenvalue weighted by Crippen LogP contribution is 2.28. The van der Waals surface area contributed by atoms with Gasteiger partial charge < -0.3 is 9.22 Å². The van der Waals surface area contributed by atoms with E-state index < -0.39 is 6.09 Å². The molecule has 0 radical (unpaired) electrons. The van der Waals surface area contributed by atoms with Crippen LogP contribution in [0.4, 0.5) is 10.5 Å². The molecular formula is C39H44N5O4+. The number of carbonyl (C=O) groups is 3. The summed E-state index contributed by atoms with van der Waals surface area (Å²) in [7, 11) is 4.38. The number of rotatable bonds is 12. The van der Waals surface area contributed by atoms with Gasteiger partial charge in [-0.1, -0.05) is 66.7 Å². The Kier molecular flexibility index (Phi) is 10.3. The first-order valence-electron chi connectivity index (χ1n) is 16.8. The molecule has 0 bridgehead atoms. The molecule has 1 aromatic heterocycles. The van der Waals surface area contributed by atoms with E-state index in [1.54, 1.807) is 24.3 Å². The van der Waals surface area contributed by atoms with Crippen LogP contribution >= 0.6 is 0 Å². The van der Waals surface area contributed by atoms with Gasteiger partial charge in [0.05, 0.1) is 48.8 Å². The van der Waals surface area contributed by atoms with Gasteiger partial charge in [-0.3, -0.25) is 29.7 Å². The Labute approximate surface area is 282 Å². The lowest BCUT2D eigenvalue weighted by molar-refractivity contribution is -0.904. The highest BCUT2D eigenvalue weighted by atomic mass is 16.6. The monoisotopic (exact) mass is 646 g/mol. The quantitative estimate of drug-likeness (QED) is 0.106. The number of piperidine rings is 1. The maximum atomic E-state index is 12.8. The van der Waals surface area contributed by atoms with Crippen LogP contribution in [0.3, 0.4) is 0 Å². The fourth-order valence-electron chi connectivity index (χ4n) is 6.64. The minimum atomic E-state index is -0.421. The van der Waals surface area contributed by atoms with Gasteiger partial charge in [-0.05, 0) is 61.6 Å². The zero-order valence-electron chi connectivity index (χ0n) is 27.8. The number of quaternary nitrogens is 1. The second-order valence-corrected chi connectivity index (χ2v) is 13.4. The minimum Gasteiger partial charge on any atom is -0.446 e. The van der Waals surface area contributed by atoms with Gasteiger partial charge in [-0.15, -0.1) is 0 Å². The average Bonchev–Trinajstić information content (AvgIpc) is 3.33. The lowest BCUT2D eigenvalue weighted by atomic mass is 10.0. The van der Waals surface area contributed by atoms with Crippen molar-refractivity contribution in [3.63, 3.8) is 0 Å². The number of carbonyl (C=O) groups excluding carboxylic acids is 3. The fourth-order valence-corrected chi connectivity index (χ4v) is 6.64. The van der Waals surface area contributed by atoms with E-state index in [1.807, 2.05) is 54.6 Å². The molecule has 3 amide bonds. The molecule has 4 aromatic rings. The molecule has 48 heavy (non-hydrogen) atoms. The number of imide groups is 1. The van der Waals surface area contributed by atoms with Crippen molar-refractivity contribution in [2.75, 3.05) is 45.6 Å². The smallest absolute Gasteiger partial charge is 0.411 e. The van der Waals surface area contributed by atoms with E-state index in [0.29, 0.717) is 17.7 Å². The van der Waals surface area contributed by atoms with Crippen molar-refractivity contribution in [2.45, 2.75) is 44.9 Å². The average molecular weight is 647 g/mol. The molecule has 1 N–H and O–H groups in total. The molecular weight excluding hydrogens is 602 g/mol. The largest absolute Gasteiger partial charge is 0.446 e. The number of nitrogens with one attached hydrogen (secondary N) is 1. The summed E-state index contributed by atoms with van der Waals surface area (Å²) in [5.41, 5.74) is 5.83. The van der Waals surface area contributed by atoms with E-state index in [1.165, 1.54) is 4.90 Å². The number of nitrogens with zero attached hydrogens (tertiary/aromatic N) is 4. The highest BCUT2D eigenvalue weighted by molar-refractivity contribution is 6.21. The van der Waals surface area contributed by atoms with Crippen molar-refractivity contribution in [2.24, 2.45) is 0 Å². The van der Waals surface area contributed by atoms with Crippen molar-refractivity contribution in [1.29, 1.82) is 0 Å².